The number of aromatic nitrogens is 5. The zero-order valence-corrected chi connectivity index (χ0v) is 17.4. The maximum atomic E-state index is 13.0. The minimum atomic E-state index is -0.319. The molecule has 0 unspecified atom stereocenters. The van der Waals surface area contributed by atoms with Crippen molar-refractivity contribution < 1.29 is 9.53 Å². The summed E-state index contributed by atoms with van der Waals surface area (Å²) >= 11 is 6.22. The lowest BCUT2D eigenvalue weighted by Gasteiger charge is -2.09. The number of nitrogens with zero attached hydrogens (tertiary/aromatic N) is 5. The zero-order valence-electron chi connectivity index (χ0n) is 16.7. The number of benzene rings is 1. The minimum absolute atomic E-state index is 0.319. The molecule has 3 aromatic heterocycles. The van der Waals surface area contributed by atoms with Crippen molar-refractivity contribution in [3.05, 3.63) is 59.6 Å². The Balaban J connectivity index is 1.74. The number of ether oxygens (including phenoxy) is 1. The van der Waals surface area contributed by atoms with Gasteiger partial charge in [0.2, 0.25) is 0 Å². The Hall–Kier alpha value is -3.39. The molecule has 1 N–H and O–H groups in total. The number of amides is 1. The maximum absolute atomic E-state index is 13.0. The molecule has 30 heavy (non-hydrogen) atoms. The van der Waals surface area contributed by atoms with Gasteiger partial charge in [0.05, 0.1) is 19.0 Å². The number of methoxy groups -OCH3 is 1. The normalized spacial score (nSPS) is 11.0. The summed E-state index contributed by atoms with van der Waals surface area (Å²) < 4.78 is 8.87. The van der Waals surface area contributed by atoms with Crippen molar-refractivity contribution in [2.75, 3.05) is 12.4 Å². The highest BCUT2D eigenvalue weighted by molar-refractivity contribution is 6.31. The molecule has 8 nitrogen and oxygen atoms in total. The van der Waals surface area contributed by atoms with Gasteiger partial charge in [0.15, 0.2) is 5.65 Å². The summed E-state index contributed by atoms with van der Waals surface area (Å²) in [4.78, 5) is 17.3. The second-order valence-electron chi connectivity index (χ2n) is 6.75. The zero-order chi connectivity index (χ0) is 21.1. The number of hydrogen-bond donors (Lipinski definition) is 1. The summed E-state index contributed by atoms with van der Waals surface area (Å²) in [5, 5.41) is 12.4. The van der Waals surface area contributed by atoms with E-state index >= 15 is 0 Å². The average molecular weight is 425 g/mol. The van der Waals surface area contributed by atoms with Crippen LogP contribution in [0.15, 0.2) is 49.1 Å². The maximum Gasteiger partial charge on any atom is 0.261 e. The first-order valence-electron chi connectivity index (χ1n) is 9.61. The third-order valence-electron chi connectivity index (χ3n) is 4.69. The lowest BCUT2D eigenvalue weighted by molar-refractivity contribution is 0.102. The Morgan fingerprint density at radius 3 is 3.00 bits per heavy atom. The van der Waals surface area contributed by atoms with Gasteiger partial charge in [0.1, 0.15) is 17.0 Å². The van der Waals surface area contributed by atoms with Crippen molar-refractivity contribution in [1.82, 2.24) is 24.4 Å². The Kier molecular flexibility index (Phi) is 5.67. The Morgan fingerprint density at radius 2 is 2.20 bits per heavy atom. The van der Waals surface area contributed by atoms with Gasteiger partial charge in [0.25, 0.3) is 5.91 Å². The standard InChI is InChI=1S/C21H21ClN6O2/c1-3-4-9-27-13-17(19(26-27)15-11-14(22)6-7-18(15)30-2)25-21(29)16-12-24-28-10-5-8-23-20(16)28/h5-8,10-13H,3-4,9H2,1-2H3,(H,25,29). The molecule has 0 aliphatic rings. The van der Waals surface area contributed by atoms with Crippen LogP contribution < -0.4 is 10.1 Å². The van der Waals surface area contributed by atoms with Crippen LogP contribution in [0.1, 0.15) is 30.1 Å². The highest BCUT2D eigenvalue weighted by atomic mass is 35.5. The lowest BCUT2D eigenvalue weighted by Crippen LogP contribution is -2.12. The molecule has 4 rings (SSSR count). The van der Waals surface area contributed by atoms with Gasteiger partial charge in [-0.25, -0.2) is 9.50 Å². The van der Waals surface area contributed by atoms with E-state index in [0.29, 0.717) is 38.9 Å². The van der Waals surface area contributed by atoms with Crippen LogP contribution in [0.3, 0.4) is 0 Å². The highest BCUT2D eigenvalue weighted by Gasteiger charge is 2.20. The molecule has 9 heteroatoms. The van der Waals surface area contributed by atoms with Crippen LogP contribution in [0.4, 0.5) is 5.69 Å². The molecule has 154 valence electrons. The smallest absolute Gasteiger partial charge is 0.261 e. The molecule has 0 spiro atoms. The van der Waals surface area contributed by atoms with Crippen molar-refractivity contribution >= 4 is 28.8 Å². The van der Waals surface area contributed by atoms with Gasteiger partial charge in [-0.05, 0) is 30.7 Å². The second-order valence-corrected chi connectivity index (χ2v) is 7.19. The van der Waals surface area contributed by atoms with E-state index in [2.05, 4.69) is 22.3 Å². The first kappa shape index (κ1) is 19.9. The molecule has 1 amide bonds. The van der Waals surface area contributed by atoms with E-state index in [1.54, 1.807) is 48.3 Å². The topological polar surface area (TPSA) is 86.3 Å². The molecule has 4 aromatic rings. The first-order chi connectivity index (χ1) is 14.6. The third kappa shape index (κ3) is 3.86. The summed E-state index contributed by atoms with van der Waals surface area (Å²) in [5.41, 5.74) is 2.71. The van der Waals surface area contributed by atoms with E-state index in [9.17, 15) is 4.79 Å². The first-order valence-corrected chi connectivity index (χ1v) is 9.99. The van der Waals surface area contributed by atoms with Gasteiger partial charge in [-0.1, -0.05) is 24.9 Å². The van der Waals surface area contributed by atoms with Gasteiger partial charge < -0.3 is 10.1 Å². The monoisotopic (exact) mass is 424 g/mol. The summed E-state index contributed by atoms with van der Waals surface area (Å²) in [6.45, 7) is 2.85. The summed E-state index contributed by atoms with van der Waals surface area (Å²) in [5.74, 6) is 0.300. The number of carbonyl (C=O) groups excluding carboxylic acids is 1. The quantitative estimate of drug-likeness (QED) is 0.477. The van der Waals surface area contributed by atoms with Crippen LogP contribution in [0.25, 0.3) is 16.9 Å². The SMILES string of the molecule is CCCCn1cc(NC(=O)c2cnn3cccnc23)c(-c2cc(Cl)ccc2OC)n1. The van der Waals surface area contributed by atoms with E-state index in [0.717, 1.165) is 19.4 Å². The van der Waals surface area contributed by atoms with Crippen LogP contribution in [0, 0.1) is 0 Å². The van der Waals surface area contributed by atoms with Crippen LogP contribution >= 0.6 is 11.6 Å². The number of unbranched alkanes of at least 4 members (excludes halogenated alkanes) is 1. The summed E-state index contributed by atoms with van der Waals surface area (Å²) in [7, 11) is 1.59. The average Bonchev–Trinajstić information content (AvgIpc) is 3.36. The van der Waals surface area contributed by atoms with Crippen LogP contribution in [-0.2, 0) is 6.54 Å². The van der Waals surface area contributed by atoms with E-state index in [1.165, 1.54) is 6.20 Å². The highest BCUT2D eigenvalue weighted by Crippen LogP contribution is 2.36. The predicted octanol–water partition coefficient (Wildman–Crippen LogP) is 4.31. The molecular weight excluding hydrogens is 404 g/mol. The Labute approximate surface area is 178 Å². The van der Waals surface area contributed by atoms with Crippen molar-refractivity contribution in [2.24, 2.45) is 0 Å². The summed E-state index contributed by atoms with van der Waals surface area (Å²) in [6, 6.07) is 7.06. The third-order valence-corrected chi connectivity index (χ3v) is 4.93. The lowest BCUT2D eigenvalue weighted by atomic mass is 10.1. The number of halogens is 1. The fourth-order valence-electron chi connectivity index (χ4n) is 3.19. The Bertz CT molecular complexity index is 1200. The van der Waals surface area contributed by atoms with Crippen molar-refractivity contribution in [3.63, 3.8) is 0 Å². The molecule has 0 saturated carbocycles. The van der Waals surface area contributed by atoms with E-state index in [-0.39, 0.29) is 5.91 Å². The van der Waals surface area contributed by atoms with Crippen molar-refractivity contribution in [1.29, 1.82) is 0 Å². The predicted molar refractivity (Wildman–Crippen MR) is 115 cm³/mol. The molecule has 1 aromatic carbocycles. The number of fused-ring (bicyclic) bond motifs is 1. The number of anilines is 1. The molecule has 0 fully saturated rings. The Morgan fingerprint density at radius 1 is 1.33 bits per heavy atom. The molecule has 0 radical (unpaired) electrons. The van der Waals surface area contributed by atoms with Gasteiger partial charge in [0, 0.05) is 35.7 Å². The molecule has 0 aliphatic heterocycles. The van der Waals surface area contributed by atoms with E-state index in [4.69, 9.17) is 21.4 Å². The van der Waals surface area contributed by atoms with Crippen LogP contribution in [0.5, 0.6) is 5.75 Å². The van der Waals surface area contributed by atoms with Gasteiger partial charge in [-0.15, -0.1) is 0 Å². The largest absolute Gasteiger partial charge is 0.496 e. The number of aryl methyl sites for hydroxylation is 1. The second kappa shape index (κ2) is 8.54. The van der Waals surface area contributed by atoms with E-state index in [1.807, 2.05) is 10.9 Å². The van der Waals surface area contributed by atoms with Crippen molar-refractivity contribution in [3.8, 4) is 17.0 Å². The minimum Gasteiger partial charge on any atom is -0.496 e. The fraction of sp³-hybridized carbons (Fsp3) is 0.238. The number of carbonyl (C=O) groups is 1. The molecular formula is C21H21ClN6O2. The summed E-state index contributed by atoms with van der Waals surface area (Å²) in [6.07, 6.45) is 8.69. The van der Waals surface area contributed by atoms with E-state index < -0.39 is 0 Å². The fourth-order valence-corrected chi connectivity index (χ4v) is 3.36. The van der Waals surface area contributed by atoms with Gasteiger partial charge in [-0.2, -0.15) is 10.2 Å². The number of hydrogen-bond acceptors (Lipinski definition) is 5. The van der Waals surface area contributed by atoms with Crippen LogP contribution in [-0.4, -0.2) is 37.4 Å². The van der Waals surface area contributed by atoms with Gasteiger partial charge >= 0.3 is 0 Å². The van der Waals surface area contributed by atoms with Gasteiger partial charge in [-0.3, -0.25) is 9.48 Å². The molecule has 3 heterocycles. The number of nitrogens with one attached hydrogen (secondary N) is 1. The molecule has 0 saturated heterocycles. The molecule has 0 atom stereocenters. The number of rotatable bonds is 7. The van der Waals surface area contributed by atoms with Crippen molar-refractivity contribution in [2.45, 2.75) is 26.3 Å². The molecule has 0 bridgehead atoms. The van der Waals surface area contributed by atoms with Crippen LogP contribution in [0.2, 0.25) is 5.02 Å². The molecule has 0 aliphatic carbocycles.